The topological polar surface area (TPSA) is 51.8 Å². The first kappa shape index (κ1) is 27.0. The predicted molar refractivity (Wildman–Crippen MR) is 192 cm³/mol. The van der Waals surface area contributed by atoms with Crippen molar-refractivity contribution in [3.8, 4) is 56.4 Å². The number of nitrogens with zero attached hydrogens (tertiary/aromatic N) is 3. The van der Waals surface area contributed by atoms with Gasteiger partial charge in [-0.15, -0.1) is 0 Å². The molecule has 0 bridgehead atoms. The third-order valence-electron chi connectivity index (χ3n) is 8.72. The standard InChI is InChI=1S/C43H27N3O/c1-4-12-28(13-5-1)33-24-25-34-27-36(39-35-18-10-11-19-38(35)47-40(39)37(34)26-33)29-20-22-32(23-21-29)43-45-41(30-14-6-2-7-15-30)44-42(46-43)31-16-8-3-9-17-31/h1-27H. The molecule has 0 spiro atoms. The minimum Gasteiger partial charge on any atom is -0.455 e. The van der Waals surface area contributed by atoms with Gasteiger partial charge in [0, 0.05) is 32.8 Å². The molecule has 2 aromatic heterocycles. The molecule has 0 atom stereocenters. The maximum absolute atomic E-state index is 6.60. The van der Waals surface area contributed by atoms with Crippen LogP contribution in [0.2, 0.25) is 0 Å². The minimum absolute atomic E-state index is 0.634. The normalized spacial score (nSPS) is 11.4. The van der Waals surface area contributed by atoms with Crippen LogP contribution in [0.1, 0.15) is 0 Å². The molecule has 220 valence electrons. The average molecular weight is 602 g/mol. The highest BCUT2D eigenvalue weighted by molar-refractivity contribution is 6.21. The smallest absolute Gasteiger partial charge is 0.164 e. The molecule has 0 N–H and O–H groups in total. The van der Waals surface area contributed by atoms with Gasteiger partial charge >= 0.3 is 0 Å². The van der Waals surface area contributed by atoms with E-state index in [0.29, 0.717) is 17.5 Å². The van der Waals surface area contributed by atoms with Gasteiger partial charge in [0.05, 0.1) is 0 Å². The molecule has 7 aromatic carbocycles. The van der Waals surface area contributed by atoms with E-state index in [9.17, 15) is 0 Å². The third kappa shape index (κ3) is 4.84. The molecule has 0 aliphatic rings. The Kier molecular flexibility index (Phi) is 6.43. The van der Waals surface area contributed by atoms with E-state index in [4.69, 9.17) is 19.4 Å². The molecular weight excluding hydrogens is 574 g/mol. The first-order valence-electron chi connectivity index (χ1n) is 15.7. The Labute approximate surface area is 271 Å². The van der Waals surface area contributed by atoms with Gasteiger partial charge in [-0.2, -0.15) is 0 Å². The molecule has 0 saturated carbocycles. The van der Waals surface area contributed by atoms with E-state index in [0.717, 1.165) is 60.5 Å². The lowest BCUT2D eigenvalue weighted by molar-refractivity contribution is 0.673. The molecular formula is C43H27N3O. The highest BCUT2D eigenvalue weighted by atomic mass is 16.3. The third-order valence-corrected chi connectivity index (χ3v) is 8.72. The van der Waals surface area contributed by atoms with Crippen LogP contribution in [0, 0.1) is 0 Å². The Bertz CT molecular complexity index is 2480. The average Bonchev–Trinajstić information content (AvgIpc) is 3.55. The van der Waals surface area contributed by atoms with E-state index in [1.165, 1.54) is 11.1 Å². The Morgan fingerprint density at radius 2 is 0.851 bits per heavy atom. The summed E-state index contributed by atoms with van der Waals surface area (Å²) in [4.78, 5) is 14.7. The van der Waals surface area contributed by atoms with Crippen LogP contribution in [-0.4, -0.2) is 15.0 Å². The van der Waals surface area contributed by atoms with Crippen molar-refractivity contribution in [1.82, 2.24) is 15.0 Å². The maximum Gasteiger partial charge on any atom is 0.164 e. The van der Waals surface area contributed by atoms with Crippen LogP contribution >= 0.6 is 0 Å². The van der Waals surface area contributed by atoms with Crippen molar-refractivity contribution in [2.24, 2.45) is 0 Å². The fourth-order valence-electron chi connectivity index (χ4n) is 6.38. The van der Waals surface area contributed by atoms with E-state index in [-0.39, 0.29) is 0 Å². The van der Waals surface area contributed by atoms with Crippen molar-refractivity contribution in [3.05, 3.63) is 164 Å². The Hall–Kier alpha value is -6.39. The Balaban J connectivity index is 1.19. The number of para-hydroxylation sites is 1. The summed E-state index contributed by atoms with van der Waals surface area (Å²) in [5.41, 5.74) is 9.18. The largest absolute Gasteiger partial charge is 0.455 e. The number of hydrogen-bond acceptors (Lipinski definition) is 4. The summed E-state index contributed by atoms with van der Waals surface area (Å²) in [6.07, 6.45) is 0. The van der Waals surface area contributed by atoms with Crippen LogP contribution in [-0.2, 0) is 0 Å². The van der Waals surface area contributed by atoms with Crippen molar-refractivity contribution in [2.75, 3.05) is 0 Å². The minimum atomic E-state index is 0.634. The van der Waals surface area contributed by atoms with Gasteiger partial charge in [-0.3, -0.25) is 0 Å². The fourth-order valence-corrected chi connectivity index (χ4v) is 6.38. The van der Waals surface area contributed by atoms with Crippen LogP contribution in [0.3, 0.4) is 0 Å². The summed E-state index contributed by atoms with van der Waals surface area (Å²) < 4.78 is 6.60. The molecule has 0 unspecified atom stereocenters. The molecule has 9 rings (SSSR count). The number of hydrogen-bond donors (Lipinski definition) is 0. The van der Waals surface area contributed by atoms with Gasteiger partial charge in [0.15, 0.2) is 17.5 Å². The Morgan fingerprint density at radius 1 is 0.362 bits per heavy atom. The van der Waals surface area contributed by atoms with E-state index < -0.39 is 0 Å². The van der Waals surface area contributed by atoms with Crippen LogP contribution < -0.4 is 0 Å². The van der Waals surface area contributed by atoms with Crippen molar-refractivity contribution in [1.29, 1.82) is 0 Å². The van der Waals surface area contributed by atoms with E-state index in [1.54, 1.807) is 0 Å². The van der Waals surface area contributed by atoms with Gasteiger partial charge in [-0.05, 0) is 45.8 Å². The monoisotopic (exact) mass is 601 g/mol. The SMILES string of the molecule is c1ccc(-c2ccc3cc(-c4ccc(-c5nc(-c6ccccc6)nc(-c6ccccc6)n5)cc4)c4c5ccccc5oc4c3c2)cc1. The van der Waals surface area contributed by atoms with Crippen LogP contribution in [0.4, 0.5) is 0 Å². The number of rotatable bonds is 5. The van der Waals surface area contributed by atoms with E-state index in [1.807, 2.05) is 78.9 Å². The van der Waals surface area contributed by atoms with Crippen LogP contribution in [0.25, 0.3) is 89.1 Å². The second-order valence-corrected chi connectivity index (χ2v) is 11.6. The first-order valence-corrected chi connectivity index (χ1v) is 15.7. The summed E-state index contributed by atoms with van der Waals surface area (Å²) in [7, 11) is 0. The van der Waals surface area contributed by atoms with Gasteiger partial charge in [0.2, 0.25) is 0 Å². The lowest BCUT2D eigenvalue weighted by atomic mass is 9.93. The quantitative estimate of drug-likeness (QED) is 0.197. The lowest BCUT2D eigenvalue weighted by Crippen LogP contribution is -2.00. The van der Waals surface area contributed by atoms with Gasteiger partial charge < -0.3 is 4.42 Å². The van der Waals surface area contributed by atoms with Crippen molar-refractivity contribution >= 4 is 32.7 Å². The number of fused-ring (bicyclic) bond motifs is 5. The molecule has 9 aromatic rings. The molecule has 4 nitrogen and oxygen atoms in total. The fraction of sp³-hybridized carbons (Fsp3) is 0. The molecule has 2 heterocycles. The zero-order valence-corrected chi connectivity index (χ0v) is 25.3. The lowest BCUT2D eigenvalue weighted by Gasteiger charge is -2.11. The van der Waals surface area contributed by atoms with Crippen LogP contribution in [0.5, 0.6) is 0 Å². The van der Waals surface area contributed by atoms with Gasteiger partial charge in [-0.25, -0.2) is 15.0 Å². The van der Waals surface area contributed by atoms with Crippen molar-refractivity contribution in [2.45, 2.75) is 0 Å². The highest BCUT2D eigenvalue weighted by Gasteiger charge is 2.18. The van der Waals surface area contributed by atoms with Crippen LogP contribution in [0.15, 0.2) is 168 Å². The van der Waals surface area contributed by atoms with Gasteiger partial charge in [0.25, 0.3) is 0 Å². The zero-order valence-electron chi connectivity index (χ0n) is 25.3. The zero-order chi connectivity index (χ0) is 31.2. The summed E-state index contributed by atoms with van der Waals surface area (Å²) >= 11 is 0. The number of aromatic nitrogens is 3. The molecule has 0 radical (unpaired) electrons. The molecule has 0 saturated heterocycles. The van der Waals surface area contributed by atoms with E-state index >= 15 is 0 Å². The second kappa shape index (κ2) is 11.2. The molecule has 47 heavy (non-hydrogen) atoms. The van der Waals surface area contributed by atoms with Crippen molar-refractivity contribution < 1.29 is 4.42 Å². The maximum atomic E-state index is 6.60. The molecule has 0 aliphatic carbocycles. The summed E-state index contributed by atoms with van der Waals surface area (Å²) in [5.74, 6) is 1.93. The summed E-state index contributed by atoms with van der Waals surface area (Å²) in [5, 5.41) is 4.45. The molecule has 0 amide bonds. The molecule has 0 fully saturated rings. The number of furan rings is 1. The second-order valence-electron chi connectivity index (χ2n) is 11.6. The summed E-state index contributed by atoms with van der Waals surface area (Å²) in [6.45, 7) is 0. The van der Waals surface area contributed by atoms with Crippen molar-refractivity contribution in [3.63, 3.8) is 0 Å². The molecule has 0 aliphatic heterocycles. The highest BCUT2D eigenvalue weighted by Crippen LogP contribution is 2.42. The number of benzene rings is 7. The van der Waals surface area contributed by atoms with Gasteiger partial charge in [-0.1, -0.05) is 146 Å². The van der Waals surface area contributed by atoms with Gasteiger partial charge in [0.1, 0.15) is 11.2 Å². The summed E-state index contributed by atoms with van der Waals surface area (Å²) in [6, 6.07) is 56.3. The van der Waals surface area contributed by atoms with E-state index in [2.05, 4.69) is 84.9 Å². The Morgan fingerprint density at radius 3 is 1.47 bits per heavy atom. The molecule has 4 heteroatoms. The first-order chi connectivity index (χ1) is 23.3. The predicted octanol–water partition coefficient (Wildman–Crippen LogP) is 11.3.